The maximum Gasteiger partial charge on any atom is 0.251 e. The number of carbonyl (C=O) groups excluding carboxylic acids is 1. The molecule has 0 radical (unpaired) electrons. The Kier molecular flexibility index (Phi) is 7.65. The van der Waals surface area contributed by atoms with Gasteiger partial charge in [0, 0.05) is 41.0 Å². The Labute approximate surface area is 224 Å². The zero-order valence-electron chi connectivity index (χ0n) is 22.1. The third-order valence-electron chi connectivity index (χ3n) is 7.55. The summed E-state index contributed by atoms with van der Waals surface area (Å²) in [7, 11) is 3.78. The van der Waals surface area contributed by atoms with E-state index in [1.54, 1.807) is 25.3 Å². The first kappa shape index (κ1) is 25.8. The van der Waals surface area contributed by atoms with Crippen LogP contribution in [-0.4, -0.2) is 49.9 Å². The molecule has 2 fully saturated rings. The molecule has 1 saturated carbocycles. The lowest BCUT2D eigenvalue weighted by Crippen LogP contribution is -2.35. The Morgan fingerprint density at radius 1 is 1.00 bits per heavy atom. The number of para-hydroxylation sites is 1. The highest BCUT2D eigenvalue weighted by molar-refractivity contribution is 6.14. The van der Waals surface area contributed by atoms with E-state index in [4.69, 9.17) is 20.6 Å². The van der Waals surface area contributed by atoms with E-state index in [2.05, 4.69) is 17.3 Å². The second-order valence-electron chi connectivity index (χ2n) is 10.4. The average molecular weight is 513 g/mol. The molecule has 198 valence electrons. The molecule has 0 bridgehead atoms. The van der Waals surface area contributed by atoms with Crippen molar-refractivity contribution in [1.29, 1.82) is 5.41 Å². The summed E-state index contributed by atoms with van der Waals surface area (Å²) >= 11 is 0. The molecule has 3 aromatic carbocycles. The third-order valence-corrected chi connectivity index (χ3v) is 7.55. The van der Waals surface area contributed by atoms with Gasteiger partial charge in [-0.2, -0.15) is 0 Å². The number of nitrogens with zero attached hydrogens (tertiary/aromatic N) is 1. The fourth-order valence-corrected chi connectivity index (χ4v) is 5.09. The van der Waals surface area contributed by atoms with E-state index in [9.17, 15) is 4.79 Å². The number of nitrogens with one attached hydrogen (secondary N) is 2. The van der Waals surface area contributed by atoms with Gasteiger partial charge in [0.25, 0.3) is 5.91 Å². The second-order valence-corrected chi connectivity index (χ2v) is 10.4. The first-order valence-corrected chi connectivity index (χ1v) is 13.3. The number of benzene rings is 3. The number of methoxy groups -OCH3 is 1. The van der Waals surface area contributed by atoms with Crippen molar-refractivity contribution >= 4 is 17.3 Å². The van der Waals surface area contributed by atoms with Crippen molar-refractivity contribution in [1.82, 2.24) is 10.2 Å². The molecule has 2 aliphatic rings. The molecular formula is C31H36N4O3. The van der Waals surface area contributed by atoms with Crippen molar-refractivity contribution in [3.05, 3.63) is 89.0 Å². The van der Waals surface area contributed by atoms with Crippen LogP contribution in [0.25, 0.3) is 0 Å². The fourth-order valence-electron chi connectivity index (χ4n) is 5.09. The molecule has 1 saturated heterocycles. The highest BCUT2D eigenvalue weighted by Crippen LogP contribution is 2.43. The normalized spacial score (nSPS) is 17.0. The average Bonchev–Trinajstić information content (AvgIpc) is 3.79. The molecule has 7 nitrogen and oxygen atoms in total. The second kappa shape index (κ2) is 11.3. The van der Waals surface area contributed by atoms with Crippen molar-refractivity contribution in [3.8, 4) is 11.5 Å². The smallest absolute Gasteiger partial charge is 0.251 e. The molecule has 0 spiro atoms. The first-order chi connectivity index (χ1) is 18.4. The number of carbonyl (C=O) groups is 1. The van der Waals surface area contributed by atoms with Crippen molar-refractivity contribution in [3.63, 3.8) is 0 Å². The lowest BCUT2D eigenvalue weighted by Gasteiger charge is -2.29. The zero-order valence-corrected chi connectivity index (χ0v) is 22.1. The largest absolute Gasteiger partial charge is 0.496 e. The lowest BCUT2D eigenvalue weighted by molar-refractivity contribution is 0.0931. The Morgan fingerprint density at radius 3 is 2.37 bits per heavy atom. The number of hydrogen-bond acceptors (Lipinski definition) is 6. The SMILES string of the molecule is COc1ccccc1C(NC(=O)c1ccc(N)c(C(=N)c2ccc(OC3CCN(C)CC3)cc2)c1)C1CC1. The number of rotatable bonds is 9. The Bertz CT molecular complexity index is 1290. The highest BCUT2D eigenvalue weighted by atomic mass is 16.5. The van der Waals surface area contributed by atoms with Gasteiger partial charge in [-0.15, -0.1) is 0 Å². The van der Waals surface area contributed by atoms with Crippen molar-refractivity contribution in [2.24, 2.45) is 5.92 Å². The third kappa shape index (κ3) is 5.83. The molecule has 1 aliphatic heterocycles. The Hall–Kier alpha value is -3.84. The van der Waals surface area contributed by atoms with Crippen LogP contribution < -0.4 is 20.5 Å². The van der Waals surface area contributed by atoms with Crippen LogP contribution in [0.1, 0.15) is 58.8 Å². The number of likely N-dealkylation sites (tertiary alicyclic amines) is 1. The summed E-state index contributed by atoms with van der Waals surface area (Å²) in [4.78, 5) is 15.7. The van der Waals surface area contributed by atoms with E-state index in [0.717, 1.165) is 61.4 Å². The summed E-state index contributed by atoms with van der Waals surface area (Å²) < 4.78 is 11.7. The number of piperidine rings is 1. The van der Waals surface area contributed by atoms with Crippen LogP contribution in [0.5, 0.6) is 11.5 Å². The van der Waals surface area contributed by atoms with Crippen LogP contribution in [0.3, 0.4) is 0 Å². The van der Waals surface area contributed by atoms with E-state index >= 15 is 0 Å². The van der Waals surface area contributed by atoms with E-state index in [1.165, 1.54) is 0 Å². The standard InChI is InChI=1S/C31H36N4O3/c1-35-17-15-24(16-18-35)38-23-12-9-20(10-13-23)29(33)26-19-22(11-14-27(26)32)31(36)34-30(21-7-8-21)25-5-3-4-6-28(25)37-2/h3-6,9-14,19,21,24,30,33H,7-8,15-18,32H2,1-2H3,(H,34,36). The molecular weight excluding hydrogens is 476 g/mol. The summed E-state index contributed by atoms with van der Waals surface area (Å²) in [6.07, 6.45) is 4.38. The van der Waals surface area contributed by atoms with Crippen molar-refractivity contribution < 1.29 is 14.3 Å². The molecule has 5 rings (SSSR count). The monoisotopic (exact) mass is 512 g/mol. The minimum atomic E-state index is -0.191. The number of ether oxygens (including phenoxy) is 2. The number of anilines is 1. The van der Waals surface area contributed by atoms with Crippen LogP contribution >= 0.6 is 0 Å². The fraction of sp³-hybridized carbons (Fsp3) is 0.355. The molecule has 7 heteroatoms. The number of hydrogen-bond donors (Lipinski definition) is 3. The van der Waals surface area contributed by atoms with Gasteiger partial charge in [0.05, 0.1) is 18.9 Å². The van der Waals surface area contributed by atoms with E-state index in [-0.39, 0.29) is 23.8 Å². The molecule has 1 heterocycles. The van der Waals surface area contributed by atoms with Gasteiger partial charge in [0.1, 0.15) is 17.6 Å². The highest BCUT2D eigenvalue weighted by Gasteiger charge is 2.35. The molecule has 1 unspecified atom stereocenters. The molecule has 1 aliphatic carbocycles. The minimum Gasteiger partial charge on any atom is -0.496 e. The number of amides is 1. The van der Waals surface area contributed by atoms with Gasteiger partial charge in [-0.25, -0.2) is 0 Å². The number of nitrogen functional groups attached to an aromatic ring is 1. The summed E-state index contributed by atoms with van der Waals surface area (Å²) in [5.74, 6) is 1.77. The van der Waals surface area contributed by atoms with E-state index in [0.29, 0.717) is 22.7 Å². The van der Waals surface area contributed by atoms with E-state index in [1.807, 2.05) is 48.5 Å². The quantitative estimate of drug-likeness (QED) is 0.275. The maximum atomic E-state index is 13.4. The topological polar surface area (TPSA) is 101 Å². The summed E-state index contributed by atoms with van der Waals surface area (Å²) in [6.45, 7) is 2.08. The van der Waals surface area contributed by atoms with Crippen LogP contribution in [0.4, 0.5) is 5.69 Å². The lowest BCUT2D eigenvalue weighted by atomic mass is 9.97. The van der Waals surface area contributed by atoms with Gasteiger partial charge in [0.2, 0.25) is 0 Å². The van der Waals surface area contributed by atoms with Crippen molar-refractivity contribution in [2.75, 3.05) is 33.0 Å². The maximum absolute atomic E-state index is 13.4. The van der Waals surface area contributed by atoms with Gasteiger partial charge < -0.3 is 25.4 Å². The number of nitrogens with two attached hydrogens (primary N) is 1. The van der Waals surface area contributed by atoms with Crippen molar-refractivity contribution in [2.45, 2.75) is 37.8 Å². The predicted molar refractivity (Wildman–Crippen MR) is 150 cm³/mol. The van der Waals surface area contributed by atoms with Gasteiger partial charge in [-0.1, -0.05) is 18.2 Å². The molecule has 38 heavy (non-hydrogen) atoms. The van der Waals surface area contributed by atoms with Gasteiger partial charge in [-0.3, -0.25) is 10.2 Å². The Balaban J connectivity index is 1.30. The van der Waals surface area contributed by atoms with Gasteiger partial charge in [0.15, 0.2) is 0 Å². The first-order valence-electron chi connectivity index (χ1n) is 13.3. The molecule has 0 aromatic heterocycles. The van der Waals surface area contributed by atoms with Crippen LogP contribution in [0, 0.1) is 11.3 Å². The van der Waals surface area contributed by atoms with Gasteiger partial charge >= 0.3 is 0 Å². The molecule has 1 atom stereocenters. The van der Waals surface area contributed by atoms with Crippen LogP contribution in [0.15, 0.2) is 66.7 Å². The Morgan fingerprint density at radius 2 is 1.68 bits per heavy atom. The van der Waals surface area contributed by atoms with Crippen LogP contribution in [0.2, 0.25) is 0 Å². The molecule has 1 amide bonds. The minimum absolute atomic E-state index is 0.129. The molecule has 3 aromatic rings. The zero-order chi connectivity index (χ0) is 26.6. The van der Waals surface area contributed by atoms with Crippen LogP contribution in [-0.2, 0) is 0 Å². The van der Waals surface area contributed by atoms with E-state index < -0.39 is 0 Å². The molecule has 4 N–H and O–H groups in total. The summed E-state index contributed by atoms with van der Waals surface area (Å²) in [6, 6.07) is 20.4. The summed E-state index contributed by atoms with van der Waals surface area (Å²) in [5.41, 5.74) is 9.70. The summed E-state index contributed by atoms with van der Waals surface area (Å²) in [5, 5.41) is 12.0. The van der Waals surface area contributed by atoms with Gasteiger partial charge in [-0.05, 0) is 87.2 Å². The predicted octanol–water partition coefficient (Wildman–Crippen LogP) is 5.05.